The number of aromatic nitrogens is 2. The van der Waals surface area contributed by atoms with E-state index in [9.17, 15) is 5.11 Å². The molecule has 1 aromatic heterocycles. The Hall–Kier alpha value is -0.910. The zero-order chi connectivity index (χ0) is 10.7. The highest BCUT2D eigenvalue weighted by Crippen LogP contribution is 2.23. The van der Waals surface area contributed by atoms with Crippen molar-refractivity contribution < 1.29 is 9.84 Å². The Labute approximate surface area is 92.5 Å². The van der Waals surface area contributed by atoms with Gasteiger partial charge in [0.2, 0.25) is 0 Å². The predicted octanol–water partition coefficient (Wildman–Crippen LogP) is 0.693. The van der Waals surface area contributed by atoms with Gasteiger partial charge in [0.25, 0.3) is 0 Å². The molecular weight excluding hydrogens is 218 g/mol. The molecule has 15 heavy (non-hydrogen) atoms. The van der Waals surface area contributed by atoms with Gasteiger partial charge >= 0.3 is 0 Å². The fourth-order valence-electron chi connectivity index (χ4n) is 1.54. The normalized spacial score (nSPS) is 25.5. The van der Waals surface area contributed by atoms with Gasteiger partial charge in [0.1, 0.15) is 11.0 Å². The molecule has 0 spiro atoms. The van der Waals surface area contributed by atoms with Crippen LogP contribution in [-0.2, 0) is 4.74 Å². The molecule has 0 bridgehead atoms. The van der Waals surface area contributed by atoms with Crippen LogP contribution in [0.15, 0.2) is 12.4 Å². The maximum absolute atomic E-state index is 9.32. The van der Waals surface area contributed by atoms with Crippen molar-refractivity contribution in [2.24, 2.45) is 0 Å². The van der Waals surface area contributed by atoms with E-state index in [1.54, 1.807) is 6.20 Å². The Bertz CT molecular complexity index is 342. The van der Waals surface area contributed by atoms with Gasteiger partial charge in [-0.3, -0.25) is 4.98 Å². The Kier molecular flexibility index (Phi) is 3.04. The second-order valence-electron chi connectivity index (χ2n) is 3.59. The molecule has 1 aliphatic rings. The van der Waals surface area contributed by atoms with Crippen LogP contribution in [0.4, 0.5) is 5.82 Å². The summed E-state index contributed by atoms with van der Waals surface area (Å²) < 4.78 is 5.25. The van der Waals surface area contributed by atoms with Crippen molar-refractivity contribution in [1.29, 1.82) is 0 Å². The smallest absolute Gasteiger partial charge is 0.149 e. The third-order valence-electron chi connectivity index (χ3n) is 2.40. The van der Waals surface area contributed by atoms with Gasteiger partial charge in [0, 0.05) is 6.61 Å². The van der Waals surface area contributed by atoms with Gasteiger partial charge in [-0.05, 0) is 6.42 Å². The highest BCUT2D eigenvalue weighted by molar-refractivity contribution is 6.29. The fourth-order valence-corrected chi connectivity index (χ4v) is 1.69. The van der Waals surface area contributed by atoms with Crippen LogP contribution in [0.1, 0.15) is 6.42 Å². The number of nitrogens with zero attached hydrogens (tertiary/aromatic N) is 2. The summed E-state index contributed by atoms with van der Waals surface area (Å²) in [6.45, 7) is 1.11. The molecule has 1 fully saturated rings. The molecule has 0 saturated carbocycles. The minimum atomic E-state index is -0.445. The third-order valence-corrected chi connectivity index (χ3v) is 2.59. The lowest BCUT2D eigenvalue weighted by Gasteiger charge is -2.26. The first kappa shape index (κ1) is 10.6. The number of aliphatic hydroxyl groups is 1. The summed E-state index contributed by atoms with van der Waals surface area (Å²) in [6.07, 6.45) is 3.78. The highest BCUT2D eigenvalue weighted by atomic mass is 35.5. The summed E-state index contributed by atoms with van der Waals surface area (Å²) in [5.41, 5.74) is -0.445. The molecule has 0 amide bonds. The van der Waals surface area contributed by atoms with Crippen molar-refractivity contribution in [2.75, 3.05) is 25.1 Å². The molecule has 2 rings (SSSR count). The van der Waals surface area contributed by atoms with Gasteiger partial charge < -0.3 is 15.2 Å². The van der Waals surface area contributed by atoms with Gasteiger partial charge in [0.15, 0.2) is 0 Å². The molecule has 1 aliphatic heterocycles. The van der Waals surface area contributed by atoms with E-state index in [2.05, 4.69) is 15.3 Å². The van der Waals surface area contributed by atoms with E-state index in [4.69, 9.17) is 16.3 Å². The molecule has 1 aromatic rings. The van der Waals surface area contributed by atoms with E-state index in [1.165, 1.54) is 6.20 Å². The van der Waals surface area contributed by atoms with Gasteiger partial charge in [-0.15, -0.1) is 0 Å². The third kappa shape index (κ3) is 2.37. The van der Waals surface area contributed by atoms with Crippen LogP contribution in [0, 0.1) is 0 Å². The van der Waals surface area contributed by atoms with Crippen molar-refractivity contribution in [3.8, 4) is 0 Å². The van der Waals surface area contributed by atoms with Gasteiger partial charge in [-0.1, -0.05) is 11.6 Å². The Morgan fingerprint density at radius 1 is 1.60 bits per heavy atom. The maximum Gasteiger partial charge on any atom is 0.149 e. The average Bonchev–Trinajstić information content (AvgIpc) is 2.67. The van der Waals surface area contributed by atoms with Crippen LogP contribution >= 0.6 is 11.6 Å². The average molecular weight is 230 g/mol. The highest BCUT2D eigenvalue weighted by Gasteiger charge is 2.34. The Morgan fingerprint density at radius 2 is 2.47 bits per heavy atom. The van der Waals surface area contributed by atoms with Gasteiger partial charge in [-0.2, -0.15) is 0 Å². The van der Waals surface area contributed by atoms with E-state index in [-0.39, 0.29) is 6.61 Å². The molecule has 6 heteroatoms. The second-order valence-corrected chi connectivity index (χ2v) is 3.98. The lowest BCUT2D eigenvalue weighted by Crippen LogP contribution is -2.43. The monoisotopic (exact) mass is 229 g/mol. The van der Waals surface area contributed by atoms with Gasteiger partial charge in [0.05, 0.1) is 31.1 Å². The lowest BCUT2D eigenvalue weighted by atomic mass is 10.0. The van der Waals surface area contributed by atoms with Crippen LogP contribution < -0.4 is 5.32 Å². The predicted molar refractivity (Wildman–Crippen MR) is 55.9 cm³/mol. The summed E-state index contributed by atoms with van der Waals surface area (Å²) >= 11 is 5.71. The standard InChI is InChI=1S/C9H12ClN3O2/c10-7-3-11-4-8(12-7)13-9(5-14)1-2-15-6-9/h3-4,14H,1-2,5-6H2,(H,12,13). The number of hydrogen-bond donors (Lipinski definition) is 2. The summed E-state index contributed by atoms with van der Waals surface area (Å²) in [5, 5.41) is 12.8. The van der Waals surface area contributed by atoms with E-state index in [1.807, 2.05) is 0 Å². The minimum absolute atomic E-state index is 0.00118. The number of nitrogens with one attached hydrogen (secondary N) is 1. The molecule has 1 atom stereocenters. The van der Waals surface area contributed by atoms with Crippen molar-refractivity contribution in [1.82, 2.24) is 9.97 Å². The Balaban J connectivity index is 2.12. The van der Waals surface area contributed by atoms with Crippen molar-refractivity contribution in [3.05, 3.63) is 17.5 Å². The zero-order valence-electron chi connectivity index (χ0n) is 8.11. The summed E-state index contributed by atoms with van der Waals surface area (Å²) in [6, 6.07) is 0. The number of rotatable bonds is 3. The SMILES string of the molecule is OCC1(Nc2cncc(Cl)n2)CCOC1. The van der Waals surface area contributed by atoms with E-state index < -0.39 is 5.54 Å². The van der Waals surface area contributed by atoms with E-state index in [0.717, 1.165) is 6.42 Å². The van der Waals surface area contributed by atoms with Crippen LogP contribution in [0.25, 0.3) is 0 Å². The minimum Gasteiger partial charge on any atom is -0.394 e. The maximum atomic E-state index is 9.32. The summed E-state index contributed by atoms with van der Waals surface area (Å²) in [4.78, 5) is 7.97. The van der Waals surface area contributed by atoms with Crippen molar-refractivity contribution in [3.63, 3.8) is 0 Å². The largest absolute Gasteiger partial charge is 0.394 e. The molecule has 1 saturated heterocycles. The number of hydrogen-bond acceptors (Lipinski definition) is 5. The molecule has 2 heterocycles. The number of halogens is 1. The van der Waals surface area contributed by atoms with Crippen LogP contribution in [0.5, 0.6) is 0 Å². The molecule has 5 nitrogen and oxygen atoms in total. The second kappa shape index (κ2) is 4.30. The lowest BCUT2D eigenvalue weighted by molar-refractivity contribution is 0.152. The Morgan fingerprint density at radius 3 is 3.07 bits per heavy atom. The van der Waals surface area contributed by atoms with Gasteiger partial charge in [-0.25, -0.2) is 4.98 Å². The first-order valence-electron chi connectivity index (χ1n) is 4.68. The summed E-state index contributed by atoms with van der Waals surface area (Å²) in [7, 11) is 0. The molecule has 82 valence electrons. The van der Waals surface area contributed by atoms with E-state index >= 15 is 0 Å². The topological polar surface area (TPSA) is 67.3 Å². The first-order chi connectivity index (χ1) is 7.24. The van der Waals surface area contributed by atoms with Crippen LogP contribution in [0.2, 0.25) is 5.15 Å². The molecule has 1 unspecified atom stereocenters. The molecule has 0 radical (unpaired) electrons. The molecule has 0 aliphatic carbocycles. The zero-order valence-corrected chi connectivity index (χ0v) is 8.87. The number of anilines is 1. The molecule has 2 N–H and O–H groups in total. The number of ether oxygens (including phenoxy) is 1. The first-order valence-corrected chi connectivity index (χ1v) is 5.06. The number of aliphatic hydroxyl groups excluding tert-OH is 1. The molecule has 0 aromatic carbocycles. The van der Waals surface area contributed by atoms with E-state index in [0.29, 0.717) is 24.2 Å². The van der Waals surface area contributed by atoms with Crippen LogP contribution in [0.3, 0.4) is 0 Å². The quantitative estimate of drug-likeness (QED) is 0.799. The van der Waals surface area contributed by atoms with Crippen LogP contribution in [-0.4, -0.2) is 40.4 Å². The van der Waals surface area contributed by atoms with Crippen molar-refractivity contribution in [2.45, 2.75) is 12.0 Å². The molecular formula is C9H12ClN3O2. The fraction of sp³-hybridized carbons (Fsp3) is 0.556. The van der Waals surface area contributed by atoms with Crippen molar-refractivity contribution >= 4 is 17.4 Å². The summed E-state index contributed by atoms with van der Waals surface area (Å²) in [5.74, 6) is 0.557.